The van der Waals surface area contributed by atoms with E-state index in [1.54, 1.807) is 35.2 Å². The lowest BCUT2D eigenvalue weighted by molar-refractivity contribution is -0.113. The predicted octanol–water partition coefficient (Wildman–Crippen LogP) is 6.18. The SMILES string of the molecule is COC(=O)c1ccc(/C=C2/N=C(c3sc4ccccc4c3Cl)N(c3ccccc3)C2=O)cc1. The number of benzene rings is 3. The maximum atomic E-state index is 13.5. The summed E-state index contributed by atoms with van der Waals surface area (Å²) in [7, 11) is 1.34. The van der Waals surface area contributed by atoms with Crippen LogP contribution in [0, 0.1) is 0 Å². The van der Waals surface area contributed by atoms with E-state index in [0.717, 1.165) is 20.5 Å². The van der Waals surface area contributed by atoms with Crippen molar-refractivity contribution in [1.82, 2.24) is 0 Å². The normalized spacial score (nSPS) is 14.7. The molecule has 7 heteroatoms. The highest BCUT2D eigenvalue weighted by Gasteiger charge is 2.34. The zero-order chi connectivity index (χ0) is 22.9. The highest BCUT2D eigenvalue weighted by atomic mass is 35.5. The third-order valence-electron chi connectivity index (χ3n) is 5.25. The average Bonchev–Trinajstić information content (AvgIpc) is 3.36. The first kappa shape index (κ1) is 21.1. The molecule has 0 atom stereocenters. The Morgan fingerprint density at radius 3 is 2.39 bits per heavy atom. The topological polar surface area (TPSA) is 59.0 Å². The number of amides is 1. The van der Waals surface area contributed by atoms with Crippen molar-refractivity contribution < 1.29 is 14.3 Å². The van der Waals surface area contributed by atoms with Crippen molar-refractivity contribution in [3.8, 4) is 0 Å². The number of rotatable bonds is 4. The van der Waals surface area contributed by atoms with Gasteiger partial charge in [0.05, 0.1) is 28.3 Å². The number of carbonyl (C=O) groups is 2. The molecule has 1 aromatic heterocycles. The molecule has 162 valence electrons. The minimum absolute atomic E-state index is 0.248. The van der Waals surface area contributed by atoms with Crippen molar-refractivity contribution in [1.29, 1.82) is 0 Å². The van der Waals surface area contributed by atoms with Crippen LogP contribution in [-0.4, -0.2) is 24.8 Å². The molecule has 1 amide bonds. The van der Waals surface area contributed by atoms with E-state index >= 15 is 0 Å². The molecule has 5 rings (SSSR count). The second kappa shape index (κ2) is 8.65. The first-order chi connectivity index (χ1) is 16.1. The standard InChI is InChI=1S/C26H17ClN2O3S/c1-32-26(31)17-13-11-16(12-14-17)15-20-25(30)29(18-7-3-2-4-8-18)24(28-20)23-22(27)19-9-5-6-10-21(19)33-23/h2-15H,1H3/b20-15+. The Hall–Kier alpha value is -3.74. The van der Waals surface area contributed by atoms with Crippen molar-refractivity contribution in [2.45, 2.75) is 0 Å². The van der Waals surface area contributed by atoms with Crippen LogP contribution < -0.4 is 4.90 Å². The van der Waals surface area contributed by atoms with Crippen LogP contribution in [-0.2, 0) is 9.53 Å². The number of fused-ring (bicyclic) bond motifs is 1. The van der Waals surface area contributed by atoms with Gasteiger partial charge in [-0.15, -0.1) is 11.3 Å². The average molecular weight is 473 g/mol. The Bertz CT molecular complexity index is 1440. The molecule has 1 aliphatic heterocycles. The molecule has 4 aromatic rings. The maximum absolute atomic E-state index is 13.5. The number of methoxy groups -OCH3 is 1. The molecule has 0 bridgehead atoms. The minimum Gasteiger partial charge on any atom is -0.465 e. The number of esters is 1. The first-order valence-corrected chi connectivity index (χ1v) is 11.3. The molecule has 0 aliphatic carbocycles. The van der Waals surface area contributed by atoms with Crippen LogP contribution in [0.1, 0.15) is 20.8 Å². The summed E-state index contributed by atoms with van der Waals surface area (Å²) in [6.45, 7) is 0. The molecule has 0 N–H and O–H groups in total. The van der Waals surface area contributed by atoms with Crippen molar-refractivity contribution in [2.75, 3.05) is 12.0 Å². The zero-order valence-electron chi connectivity index (χ0n) is 17.5. The molecule has 33 heavy (non-hydrogen) atoms. The Kier molecular flexibility index (Phi) is 5.54. The number of aliphatic imine (C=N–C) groups is 1. The van der Waals surface area contributed by atoms with E-state index in [9.17, 15) is 9.59 Å². The van der Waals surface area contributed by atoms with Gasteiger partial charge in [0.1, 0.15) is 5.70 Å². The summed E-state index contributed by atoms with van der Waals surface area (Å²) >= 11 is 8.24. The predicted molar refractivity (Wildman–Crippen MR) is 133 cm³/mol. The molecule has 1 aliphatic rings. The number of carbonyl (C=O) groups excluding carboxylic acids is 2. The van der Waals surface area contributed by atoms with Gasteiger partial charge in [-0.25, -0.2) is 9.79 Å². The van der Waals surface area contributed by atoms with Crippen LogP contribution in [0.3, 0.4) is 0 Å². The number of thiophene rings is 1. The molecular weight excluding hydrogens is 456 g/mol. The molecule has 3 aromatic carbocycles. The highest BCUT2D eigenvalue weighted by molar-refractivity contribution is 7.21. The van der Waals surface area contributed by atoms with Gasteiger partial charge >= 0.3 is 5.97 Å². The quantitative estimate of drug-likeness (QED) is 0.263. The molecule has 0 saturated carbocycles. The Morgan fingerprint density at radius 2 is 1.70 bits per heavy atom. The molecule has 0 unspecified atom stereocenters. The number of hydrogen-bond donors (Lipinski definition) is 0. The van der Waals surface area contributed by atoms with Crippen LogP contribution in [0.25, 0.3) is 16.2 Å². The number of amidine groups is 1. The van der Waals surface area contributed by atoms with Crippen LogP contribution in [0.4, 0.5) is 5.69 Å². The number of ether oxygens (including phenoxy) is 1. The Balaban J connectivity index is 1.62. The number of para-hydroxylation sites is 1. The monoisotopic (exact) mass is 472 g/mol. The molecule has 0 spiro atoms. The molecule has 0 radical (unpaired) electrons. The summed E-state index contributed by atoms with van der Waals surface area (Å²) in [5, 5.41) is 1.50. The van der Waals surface area contributed by atoms with Gasteiger partial charge in [0.2, 0.25) is 0 Å². The third-order valence-corrected chi connectivity index (χ3v) is 6.92. The summed E-state index contributed by atoms with van der Waals surface area (Å²) in [5.41, 5.74) is 2.17. The van der Waals surface area contributed by atoms with Gasteiger partial charge in [-0.2, -0.15) is 0 Å². The molecule has 0 fully saturated rings. The van der Waals surface area contributed by atoms with Crippen LogP contribution >= 0.6 is 22.9 Å². The summed E-state index contributed by atoms with van der Waals surface area (Å²) < 4.78 is 5.77. The van der Waals surface area contributed by atoms with Crippen molar-refractivity contribution in [3.05, 3.63) is 106 Å². The fourth-order valence-electron chi connectivity index (χ4n) is 3.63. The van der Waals surface area contributed by atoms with Crippen LogP contribution in [0.15, 0.2) is 89.6 Å². The van der Waals surface area contributed by atoms with Gasteiger partial charge in [0.25, 0.3) is 5.91 Å². The van der Waals surface area contributed by atoms with Crippen molar-refractivity contribution >= 4 is 62.5 Å². The van der Waals surface area contributed by atoms with Crippen LogP contribution in [0.2, 0.25) is 5.02 Å². The van der Waals surface area contributed by atoms with Gasteiger partial charge < -0.3 is 4.74 Å². The zero-order valence-corrected chi connectivity index (χ0v) is 19.1. The first-order valence-electron chi connectivity index (χ1n) is 10.1. The Morgan fingerprint density at radius 1 is 1.00 bits per heavy atom. The van der Waals surface area contributed by atoms with Gasteiger partial charge in [0.15, 0.2) is 5.84 Å². The van der Waals surface area contributed by atoms with E-state index in [-0.39, 0.29) is 11.6 Å². The summed E-state index contributed by atoms with van der Waals surface area (Å²) in [6, 6.07) is 24.0. The largest absolute Gasteiger partial charge is 0.465 e. The molecular formula is C26H17ClN2O3S. The van der Waals surface area contributed by atoms with Crippen molar-refractivity contribution in [2.24, 2.45) is 4.99 Å². The van der Waals surface area contributed by atoms with Crippen LogP contribution in [0.5, 0.6) is 0 Å². The Labute approximate surface area is 199 Å². The smallest absolute Gasteiger partial charge is 0.337 e. The van der Waals surface area contributed by atoms with Crippen molar-refractivity contribution in [3.63, 3.8) is 0 Å². The lowest BCUT2D eigenvalue weighted by atomic mass is 10.1. The fourth-order valence-corrected chi connectivity index (χ4v) is 5.13. The molecule has 0 saturated heterocycles. The molecule has 5 nitrogen and oxygen atoms in total. The highest BCUT2D eigenvalue weighted by Crippen LogP contribution is 2.39. The van der Waals surface area contributed by atoms with Gasteiger partial charge in [-0.05, 0) is 42.0 Å². The maximum Gasteiger partial charge on any atom is 0.337 e. The van der Waals surface area contributed by atoms with E-state index in [1.807, 2.05) is 54.6 Å². The summed E-state index contributed by atoms with van der Waals surface area (Å²) in [5.74, 6) is -0.169. The van der Waals surface area contributed by atoms with Gasteiger partial charge in [-0.3, -0.25) is 9.69 Å². The summed E-state index contributed by atoms with van der Waals surface area (Å²) in [6.07, 6.45) is 1.70. The second-order valence-electron chi connectivity index (χ2n) is 7.30. The second-order valence-corrected chi connectivity index (χ2v) is 8.73. The number of halogens is 1. The lowest BCUT2D eigenvalue weighted by Crippen LogP contribution is -2.32. The lowest BCUT2D eigenvalue weighted by Gasteiger charge is -2.17. The van der Waals surface area contributed by atoms with Gasteiger partial charge in [-0.1, -0.05) is 60.1 Å². The summed E-state index contributed by atoms with van der Waals surface area (Å²) in [4.78, 5) is 32.2. The van der Waals surface area contributed by atoms with E-state index in [0.29, 0.717) is 22.1 Å². The minimum atomic E-state index is -0.416. The van der Waals surface area contributed by atoms with Gasteiger partial charge in [0, 0.05) is 10.1 Å². The number of anilines is 1. The van der Waals surface area contributed by atoms with E-state index < -0.39 is 5.97 Å². The third kappa shape index (κ3) is 3.84. The number of nitrogens with zero attached hydrogens (tertiary/aromatic N) is 2. The van der Waals surface area contributed by atoms with E-state index in [4.69, 9.17) is 21.3 Å². The van der Waals surface area contributed by atoms with E-state index in [2.05, 4.69) is 0 Å². The fraction of sp³-hybridized carbons (Fsp3) is 0.0385. The van der Waals surface area contributed by atoms with E-state index in [1.165, 1.54) is 18.4 Å². The molecule has 2 heterocycles. The number of hydrogen-bond acceptors (Lipinski definition) is 5.